The summed E-state index contributed by atoms with van der Waals surface area (Å²) < 4.78 is 0.884. The Balaban J connectivity index is 1.72. The number of hydrogen-bond donors (Lipinski definition) is 2. The molecule has 21 heavy (non-hydrogen) atoms. The minimum absolute atomic E-state index is 0.0614. The van der Waals surface area contributed by atoms with Crippen LogP contribution in [0, 0.1) is 0 Å². The third-order valence-electron chi connectivity index (χ3n) is 3.59. The van der Waals surface area contributed by atoms with Gasteiger partial charge in [0.15, 0.2) is 0 Å². The molecule has 108 valence electrons. The van der Waals surface area contributed by atoms with Crippen molar-refractivity contribution in [1.29, 1.82) is 0 Å². The van der Waals surface area contributed by atoms with E-state index in [-0.39, 0.29) is 11.9 Å². The monoisotopic (exact) mass is 364 g/mol. The van der Waals surface area contributed by atoms with E-state index in [0.717, 1.165) is 4.47 Å². The van der Waals surface area contributed by atoms with Gasteiger partial charge in [0.1, 0.15) is 0 Å². The van der Waals surface area contributed by atoms with Gasteiger partial charge in [0.25, 0.3) is 0 Å². The van der Waals surface area contributed by atoms with Crippen LogP contribution in [-0.4, -0.2) is 11.9 Å². The fourth-order valence-electron chi connectivity index (χ4n) is 2.45. The maximum atomic E-state index is 12.4. The molecule has 1 amide bonds. The predicted octanol–water partition coefficient (Wildman–Crippen LogP) is 3.76. The van der Waals surface area contributed by atoms with Crippen molar-refractivity contribution < 1.29 is 4.79 Å². The lowest BCUT2D eigenvalue weighted by Gasteiger charge is -2.25. The average Bonchev–Trinajstić information content (AvgIpc) is 2.49. The molecule has 1 heterocycles. The van der Waals surface area contributed by atoms with Crippen molar-refractivity contribution in [2.24, 2.45) is 0 Å². The molecule has 0 spiro atoms. The van der Waals surface area contributed by atoms with Gasteiger partial charge in [0.2, 0.25) is 5.91 Å². The van der Waals surface area contributed by atoms with Crippen LogP contribution >= 0.6 is 27.5 Å². The topological polar surface area (TPSA) is 41.1 Å². The van der Waals surface area contributed by atoms with E-state index in [2.05, 4.69) is 38.7 Å². The molecular formula is C16H14BrClN2O. The summed E-state index contributed by atoms with van der Waals surface area (Å²) >= 11 is 9.48. The van der Waals surface area contributed by atoms with Crippen LogP contribution in [0.3, 0.4) is 0 Å². The molecule has 2 N–H and O–H groups in total. The van der Waals surface area contributed by atoms with Gasteiger partial charge >= 0.3 is 0 Å². The fraction of sp³-hybridized carbons (Fsp3) is 0.188. The second kappa shape index (κ2) is 6.18. The maximum Gasteiger partial charge on any atom is 0.241 e. The van der Waals surface area contributed by atoms with Gasteiger partial charge in [-0.3, -0.25) is 4.79 Å². The molecule has 0 saturated heterocycles. The highest BCUT2D eigenvalue weighted by Crippen LogP contribution is 2.26. The number of fused-ring (bicyclic) bond motifs is 1. The van der Waals surface area contributed by atoms with E-state index in [1.807, 2.05) is 18.2 Å². The highest BCUT2D eigenvalue weighted by molar-refractivity contribution is 9.10. The van der Waals surface area contributed by atoms with E-state index in [9.17, 15) is 4.79 Å². The number of amides is 1. The van der Waals surface area contributed by atoms with Gasteiger partial charge in [-0.1, -0.05) is 51.8 Å². The molecule has 0 aromatic heterocycles. The quantitative estimate of drug-likeness (QED) is 0.851. The van der Waals surface area contributed by atoms with Crippen molar-refractivity contribution in [3.63, 3.8) is 0 Å². The maximum absolute atomic E-state index is 12.4. The number of rotatable bonds is 2. The van der Waals surface area contributed by atoms with Crippen LogP contribution in [0.5, 0.6) is 0 Å². The van der Waals surface area contributed by atoms with E-state index < -0.39 is 0 Å². The smallest absolute Gasteiger partial charge is 0.241 e. The third kappa shape index (κ3) is 3.28. The molecular weight excluding hydrogens is 352 g/mol. The highest BCUT2D eigenvalue weighted by atomic mass is 79.9. The van der Waals surface area contributed by atoms with Crippen LogP contribution in [0.15, 0.2) is 46.9 Å². The van der Waals surface area contributed by atoms with E-state index in [4.69, 9.17) is 11.6 Å². The zero-order valence-electron chi connectivity index (χ0n) is 11.2. The number of hydrogen-bond acceptors (Lipinski definition) is 2. The van der Waals surface area contributed by atoms with Crippen LogP contribution in [0.25, 0.3) is 0 Å². The van der Waals surface area contributed by atoms with Crippen molar-refractivity contribution in [1.82, 2.24) is 5.32 Å². The normalized spacial score (nSPS) is 17.1. The summed E-state index contributed by atoms with van der Waals surface area (Å²) in [5, 5.41) is 6.67. The van der Waals surface area contributed by atoms with Gasteiger partial charge in [-0.25, -0.2) is 0 Å². The first kappa shape index (κ1) is 14.6. The van der Waals surface area contributed by atoms with E-state index in [1.54, 1.807) is 12.1 Å². The lowest BCUT2D eigenvalue weighted by Crippen LogP contribution is -2.44. The lowest BCUT2D eigenvalue weighted by molar-refractivity contribution is -0.118. The van der Waals surface area contributed by atoms with Gasteiger partial charge < -0.3 is 10.6 Å². The second-order valence-electron chi connectivity index (χ2n) is 5.02. The summed E-state index contributed by atoms with van der Waals surface area (Å²) in [6.07, 6.45) is 0.691. The fourth-order valence-corrected chi connectivity index (χ4v) is 3.17. The molecule has 2 aromatic rings. The molecule has 0 bridgehead atoms. The molecule has 5 heteroatoms. The summed E-state index contributed by atoms with van der Waals surface area (Å²) in [7, 11) is 0. The van der Waals surface area contributed by atoms with Gasteiger partial charge in [0, 0.05) is 11.0 Å². The highest BCUT2D eigenvalue weighted by Gasteiger charge is 2.24. The molecule has 0 unspecified atom stereocenters. The van der Waals surface area contributed by atoms with Crippen molar-refractivity contribution in [3.8, 4) is 0 Å². The minimum Gasteiger partial charge on any atom is -0.323 e. The Morgan fingerprint density at radius 2 is 2.00 bits per heavy atom. The molecule has 0 saturated carbocycles. The zero-order valence-corrected chi connectivity index (χ0v) is 13.5. The van der Waals surface area contributed by atoms with Crippen LogP contribution in [0.2, 0.25) is 5.02 Å². The van der Waals surface area contributed by atoms with Crippen LogP contribution < -0.4 is 10.6 Å². The van der Waals surface area contributed by atoms with Crippen molar-refractivity contribution in [2.75, 3.05) is 5.32 Å². The SMILES string of the molecule is O=C(Nc1ccc(Br)cc1Cl)[C@H]1Cc2ccccc2CN1. The Labute approximate surface area is 136 Å². The van der Waals surface area contributed by atoms with E-state index in [0.29, 0.717) is 23.7 Å². The summed E-state index contributed by atoms with van der Waals surface area (Å²) in [4.78, 5) is 12.4. The molecule has 0 radical (unpaired) electrons. The molecule has 2 aromatic carbocycles. The van der Waals surface area contributed by atoms with Gasteiger partial charge in [-0.15, -0.1) is 0 Å². The van der Waals surface area contributed by atoms with Crippen LogP contribution in [-0.2, 0) is 17.8 Å². The van der Waals surface area contributed by atoms with Crippen molar-refractivity contribution in [3.05, 3.63) is 63.1 Å². The van der Waals surface area contributed by atoms with E-state index >= 15 is 0 Å². The molecule has 3 rings (SSSR count). The first-order valence-electron chi connectivity index (χ1n) is 6.69. The summed E-state index contributed by atoms with van der Waals surface area (Å²) in [5.74, 6) is -0.0614. The number of carbonyl (C=O) groups excluding carboxylic acids is 1. The van der Waals surface area contributed by atoms with Gasteiger partial charge in [0.05, 0.1) is 16.8 Å². The molecule has 1 aliphatic rings. The predicted molar refractivity (Wildman–Crippen MR) is 88.6 cm³/mol. The largest absolute Gasteiger partial charge is 0.323 e. The van der Waals surface area contributed by atoms with Gasteiger partial charge in [-0.2, -0.15) is 0 Å². The van der Waals surface area contributed by atoms with Crippen LogP contribution in [0.1, 0.15) is 11.1 Å². The summed E-state index contributed by atoms with van der Waals surface area (Å²) in [6.45, 7) is 0.711. The van der Waals surface area contributed by atoms with Crippen LogP contribution in [0.4, 0.5) is 5.69 Å². The molecule has 1 atom stereocenters. The van der Waals surface area contributed by atoms with Crippen molar-refractivity contribution >= 4 is 39.1 Å². The summed E-state index contributed by atoms with van der Waals surface area (Å²) in [6, 6.07) is 13.4. The Bertz CT molecular complexity index is 690. The first-order chi connectivity index (χ1) is 10.1. The van der Waals surface area contributed by atoms with Crippen molar-refractivity contribution in [2.45, 2.75) is 19.0 Å². The minimum atomic E-state index is -0.236. The number of nitrogens with one attached hydrogen (secondary N) is 2. The lowest BCUT2D eigenvalue weighted by atomic mass is 9.95. The Morgan fingerprint density at radius 3 is 2.76 bits per heavy atom. The second-order valence-corrected chi connectivity index (χ2v) is 6.34. The molecule has 1 aliphatic heterocycles. The average molecular weight is 366 g/mol. The Kier molecular flexibility index (Phi) is 4.29. The number of carbonyl (C=O) groups is 1. The standard InChI is InChI=1S/C16H14BrClN2O/c17-12-5-6-14(13(18)8-12)20-16(21)15-7-10-3-1-2-4-11(10)9-19-15/h1-6,8,15,19H,7,9H2,(H,20,21)/t15-/m1/s1. The zero-order chi connectivity index (χ0) is 14.8. The first-order valence-corrected chi connectivity index (χ1v) is 7.86. The number of benzene rings is 2. The molecule has 0 fully saturated rings. The molecule has 3 nitrogen and oxygen atoms in total. The summed E-state index contributed by atoms with van der Waals surface area (Å²) in [5.41, 5.74) is 3.10. The van der Waals surface area contributed by atoms with Gasteiger partial charge in [-0.05, 0) is 35.7 Å². The molecule has 0 aliphatic carbocycles. The Hall–Kier alpha value is -1.36. The third-order valence-corrected chi connectivity index (χ3v) is 4.39. The number of halogens is 2. The van der Waals surface area contributed by atoms with E-state index in [1.165, 1.54) is 11.1 Å². The Morgan fingerprint density at radius 1 is 1.24 bits per heavy atom. The number of anilines is 1.